The van der Waals surface area contributed by atoms with E-state index in [1.54, 1.807) is 23.0 Å². The van der Waals surface area contributed by atoms with E-state index in [-0.39, 0.29) is 43.8 Å². The molecule has 36 heavy (non-hydrogen) atoms. The van der Waals surface area contributed by atoms with Crippen molar-refractivity contribution in [2.45, 2.75) is 32.8 Å². The number of rotatable bonds is 6. The fourth-order valence-corrected chi connectivity index (χ4v) is 3.08. The maximum Gasteiger partial charge on any atom is 1.00 e. The van der Waals surface area contributed by atoms with Gasteiger partial charge in [-0.05, 0) is 31.2 Å². The number of ether oxygens (including phenoxy) is 1. The Labute approximate surface area is 242 Å². The Morgan fingerprint density at radius 3 is 2.42 bits per heavy atom. The van der Waals surface area contributed by atoms with Crippen LogP contribution in [-0.4, -0.2) is 27.6 Å². The molecule has 2 aromatic carbocycles. The smallest absolute Gasteiger partial charge is 0.494 e. The van der Waals surface area contributed by atoms with Crippen molar-refractivity contribution in [1.82, 2.24) is 14.8 Å². The zero-order valence-electron chi connectivity index (χ0n) is 21.3. The third-order valence-electron chi connectivity index (χ3n) is 4.51. The average molecular weight is 492 g/mol. The summed E-state index contributed by atoms with van der Waals surface area (Å²) in [6.07, 6.45) is 3.05. The molecule has 0 radical (unpaired) electrons. The Morgan fingerprint density at radius 1 is 1.19 bits per heavy atom. The molecule has 4 rings (SSSR count). The Bertz CT molecular complexity index is 1170. The number of aromatic nitrogens is 3. The van der Waals surface area contributed by atoms with Crippen LogP contribution in [0.25, 0.3) is 16.7 Å². The molecule has 4 aromatic rings. The van der Waals surface area contributed by atoms with Crippen molar-refractivity contribution < 1.29 is 46.8 Å². The molecule has 0 N–H and O–H groups in total. The first-order chi connectivity index (χ1) is 16.5. The van der Waals surface area contributed by atoms with Gasteiger partial charge in [0.15, 0.2) is 5.65 Å². The van der Waals surface area contributed by atoms with Gasteiger partial charge in [-0.15, -0.1) is 12.8 Å². The van der Waals surface area contributed by atoms with E-state index in [4.69, 9.17) is 23.1 Å². The molecule has 0 bridgehead atoms. The SMILES string of the molecule is C[CH-]F.[CH-]=Nc1[c-]cccc1.[CH2-]CC(C[CH2-])Oc1cnc2c(c1)c(C)nn2-c1cccc(Cl)c1.[Li+].[Li+]. The van der Waals surface area contributed by atoms with Crippen molar-refractivity contribution in [3.8, 4) is 11.4 Å². The molecule has 0 aliphatic heterocycles. The minimum Gasteiger partial charge on any atom is -0.494 e. The quantitative estimate of drug-likeness (QED) is 0.233. The van der Waals surface area contributed by atoms with Crippen LogP contribution in [0, 0.1) is 33.5 Å². The van der Waals surface area contributed by atoms with Crippen LogP contribution < -0.4 is 42.5 Å². The van der Waals surface area contributed by atoms with Gasteiger partial charge in [0.2, 0.25) is 0 Å². The zero-order chi connectivity index (χ0) is 24.9. The molecule has 0 saturated heterocycles. The van der Waals surface area contributed by atoms with Crippen molar-refractivity contribution in [2.75, 3.05) is 0 Å². The number of hydrogen-bond donors (Lipinski definition) is 0. The monoisotopic (exact) mass is 491 g/mol. The van der Waals surface area contributed by atoms with Crippen molar-refractivity contribution >= 4 is 35.0 Å². The molecule has 0 fully saturated rings. The predicted octanol–water partition coefficient (Wildman–Crippen LogP) is 1.42. The van der Waals surface area contributed by atoms with Gasteiger partial charge in [0.05, 0.1) is 17.6 Å². The van der Waals surface area contributed by atoms with E-state index in [1.807, 2.05) is 49.4 Å². The van der Waals surface area contributed by atoms with E-state index in [1.165, 1.54) is 6.92 Å². The van der Waals surface area contributed by atoms with Gasteiger partial charge in [-0.3, -0.25) is 6.07 Å². The number of aliphatic imine (C=N–C) groups is 1. The molecule has 5 nitrogen and oxygen atoms in total. The normalized spacial score (nSPS) is 9.64. The molecule has 2 aromatic heterocycles. The van der Waals surface area contributed by atoms with Crippen LogP contribution in [0.1, 0.15) is 25.5 Å². The van der Waals surface area contributed by atoms with E-state index in [0.717, 1.165) is 22.4 Å². The summed E-state index contributed by atoms with van der Waals surface area (Å²) in [4.78, 5) is 7.94. The summed E-state index contributed by atoms with van der Waals surface area (Å²) in [7, 11) is 0. The summed E-state index contributed by atoms with van der Waals surface area (Å²) in [5, 5.41) is 6.19. The van der Waals surface area contributed by atoms with Gasteiger partial charge in [0.1, 0.15) is 5.75 Å². The number of para-hydroxylation sites is 1. The maximum absolute atomic E-state index is 10.2. The van der Waals surface area contributed by atoms with E-state index < -0.39 is 0 Å². The summed E-state index contributed by atoms with van der Waals surface area (Å²) in [6.45, 7) is 16.5. The van der Waals surface area contributed by atoms with Crippen LogP contribution >= 0.6 is 11.6 Å². The summed E-state index contributed by atoms with van der Waals surface area (Å²) >= 11 is 6.07. The van der Waals surface area contributed by atoms with Crippen molar-refractivity contribution in [1.29, 1.82) is 0 Å². The topological polar surface area (TPSA) is 52.3 Å². The number of aryl methyl sites for hydroxylation is 1. The molecule has 0 aliphatic carbocycles. The second kappa shape index (κ2) is 18.2. The van der Waals surface area contributed by atoms with Crippen LogP contribution in [0.15, 0.2) is 65.8 Å². The Kier molecular flexibility index (Phi) is 17.2. The van der Waals surface area contributed by atoms with Crippen molar-refractivity contribution in [3.63, 3.8) is 0 Å². The van der Waals surface area contributed by atoms with Crippen LogP contribution in [0.5, 0.6) is 5.75 Å². The van der Waals surface area contributed by atoms with Gasteiger partial charge >= 0.3 is 37.7 Å². The summed E-state index contributed by atoms with van der Waals surface area (Å²) in [5.74, 6) is 0.712. The molecule has 0 aliphatic rings. The van der Waals surface area contributed by atoms with Crippen LogP contribution in [0.4, 0.5) is 10.1 Å². The summed E-state index contributed by atoms with van der Waals surface area (Å²) < 4.78 is 17.8. The fraction of sp³-hybridized carbons (Fsp3) is 0.185. The molecular weight excluding hydrogens is 465 g/mol. The fourth-order valence-electron chi connectivity index (χ4n) is 2.90. The largest absolute Gasteiger partial charge is 1.00 e. The van der Waals surface area contributed by atoms with Crippen LogP contribution in [-0.2, 0) is 0 Å². The molecule has 0 spiro atoms. The molecule has 180 valence electrons. The molecule has 2 heterocycles. The first-order valence-corrected chi connectivity index (χ1v) is 11.0. The van der Waals surface area contributed by atoms with Gasteiger partial charge in [0.25, 0.3) is 0 Å². The van der Waals surface area contributed by atoms with Crippen LogP contribution in [0.2, 0.25) is 5.02 Å². The average Bonchev–Trinajstić information content (AvgIpc) is 3.19. The van der Waals surface area contributed by atoms with Gasteiger partial charge in [0, 0.05) is 16.5 Å². The minimum absolute atomic E-state index is 0. The van der Waals surface area contributed by atoms with E-state index in [0.29, 0.717) is 36.0 Å². The number of hydrogen-bond acceptors (Lipinski definition) is 4. The standard InChI is InChI=1S/C18H18ClN3O.C7H5N.C2H4F.2Li/c1-4-15(5-2)23-16-10-17-12(3)21-22(18(17)20-11-16)14-8-6-7-13(19)9-14;1-8-7-5-3-2-4-6-7;1-2-3;;/h6-11,15H,1-2,4-5H2,3H3;1-5H;2H,1H3;;/q2*-2;-1;2*+1. The maximum atomic E-state index is 10.2. The second-order valence-corrected chi connectivity index (χ2v) is 7.37. The molecule has 0 atom stereocenters. The number of halogens is 2. The Hall–Kier alpha value is -2.06. The zero-order valence-corrected chi connectivity index (χ0v) is 22.0. The Morgan fingerprint density at radius 2 is 1.89 bits per heavy atom. The van der Waals surface area contributed by atoms with Crippen molar-refractivity contribution in [2.24, 2.45) is 4.99 Å². The number of nitrogens with zero attached hydrogens (tertiary/aromatic N) is 4. The second-order valence-electron chi connectivity index (χ2n) is 6.93. The molecule has 0 saturated carbocycles. The van der Waals surface area contributed by atoms with Gasteiger partial charge in [-0.2, -0.15) is 43.6 Å². The molecule has 0 unspecified atom stereocenters. The first-order valence-electron chi connectivity index (χ1n) is 10.6. The third-order valence-corrected chi connectivity index (χ3v) is 4.75. The predicted molar refractivity (Wildman–Crippen MR) is 137 cm³/mol. The van der Waals surface area contributed by atoms with Crippen LogP contribution in [0.3, 0.4) is 0 Å². The number of fused-ring (bicyclic) bond motifs is 1. The van der Waals surface area contributed by atoms with Gasteiger partial charge in [-0.25, -0.2) is 21.4 Å². The Balaban J connectivity index is 0.000000794. The van der Waals surface area contributed by atoms with E-state index in [9.17, 15) is 4.39 Å². The van der Waals surface area contributed by atoms with Gasteiger partial charge in [-0.1, -0.05) is 17.7 Å². The van der Waals surface area contributed by atoms with E-state index in [2.05, 4.69) is 35.0 Å². The molecule has 0 amide bonds. The van der Waals surface area contributed by atoms with Gasteiger partial charge < -0.3 is 28.0 Å². The molecular formula is C27H27ClFLi2N4O-3. The summed E-state index contributed by atoms with van der Waals surface area (Å²) in [6, 6.07) is 19.6. The molecule has 9 heteroatoms. The van der Waals surface area contributed by atoms with E-state index >= 15 is 0 Å². The number of pyridine rings is 1. The third kappa shape index (κ3) is 10.1. The summed E-state index contributed by atoms with van der Waals surface area (Å²) in [5.41, 5.74) is 3.23. The van der Waals surface area contributed by atoms with Crippen molar-refractivity contribution in [3.05, 3.63) is 98.1 Å². The number of benzene rings is 2. The minimum atomic E-state index is -0.00229. The first kappa shape index (κ1) is 33.9.